The van der Waals surface area contributed by atoms with E-state index in [4.69, 9.17) is 4.74 Å². The highest BCUT2D eigenvalue weighted by Gasteiger charge is 2.00. The predicted octanol–water partition coefficient (Wildman–Crippen LogP) is 2.41. The molecule has 0 radical (unpaired) electrons. The lowest BCUT2D eigenvalue weighted by Gasteiger charge is -1.98. The molecule has 104 valence electrons. The van der Waals surface area contributed by atoms with Crippen molar-refractivity contribution < 1.29 is 18.6 Å². The van der Waals surface area contributed by atoms with Crippen molar-refractivity contribution in [3.8, 4) is 5.75 Å². The van der Waals surface area contributed by atoms with Gasteiger partial charge in [-0.25, -0.2) is 4.57 Å². The fraction of sp³-hybridized carbons (Fsp3) is 0.615. The van der Waals surface area contributed by atoms with Gasteiger partial charge >= 0.3 is 0 Å². The molecule has 0 bridgehead atoms. The van der Waals surface area contributed by atoms with Crippen LogP contribution in [0.4, 0.5) is 0 Å². The summed E-state index contributed by atoms with van der Waals surface area (Å²) in [5.41, 5.74) is 0. The number of ether oxygens (including phenoxy) is 1. The summed E-state index contributed by atoms with van der Waals surface area (Å²) >= 11 is 1.36. The van der Waals surface area contributed by atoms with Crippen LogP contribution in [-0.2, 0) is 15.5 Å². The molecule has 18 heavy (non-hydrogen) atoms. The van der Waals surface area contributed by atoms with E-state index in [1.54, 1.807) is 26.5 Å². The van der Waals surface area contributed by atoms with E-state index in [1.165, 1.54) is 12.0 Å². The van der Waals surface area contributed by atoms with Crippen molar-refractivity contribution in [1.29, 1.82) is 0 Å². The molecule has 0 aliphatic heterocycles. The fourth-order valence-electron chi connectivity index (χ4n) is 1.36. The minimum atomic E-state index is 0.324. The summed E-state index contributed by atoms with van der Waals surface area (Å²) in [6.07, 6.45) is 8.98. The number of nitrogens with zero attached hydrogens (tertiary/aromatic N) is 1. The van der Waals surface area contributed by atoms with Crippen LogP contribution in [0.15, 0.2) is 24.5 Å². The average molecular weight is 274 g/mol. The molecule has 4 nitrogen and oxygen atoms in total. The van der Waals surface area contributed by atoms with Crippen molar-refractivity contribution in [2.75, 3.05) is 27.1 Å². The van der Waals surface area contributed by atoms with E-state index in [2.05, 4.69) is 4.18 Å². The minimum Gasteiger partial charge on any atom is -0.503 e. The third kappa shape index (κ3) is 10.4. The molecule has 0 amide bonds. The molecule has 0 aliphatic rings. The summed E-state index contributed by atoms with van der Waals surface area (Å²) < 4.78 is 11.4. The smallest absolute Gasteiger partial charge is 0.210 e. The zero-order chi connectivity index (χ0) is 13.6. The topological polar surface area (TPSA) is 42.6 Å². The van der Waals surface area contributed by atoms with E-state index in [0.29, 0.717) is 5.75 Å². The Bertz CT molecular complexity index is 295. The van der Waals surface area contributed by atoms with Gasteiger partial charge in [0.25, 0.3) is 0 Å². The Kier molecular flexibility index (Phi) is 12.1. The van der Waals surface area contributed by atoms with Crippen LogP contribution >= 0.6 is 12.0 Å². The molecule has 1 rings (SSSR count). The number of hydrogen-bond donors (Lipinski definition) is 1. The quantitative estimate of drug-likeness (QED) is 0.471. The maximum Gasteiger partial charge on any atom is 0.210 e. The standard InChI is InChI=1S/C11H17NO2.C2H6OS/c1-14-9-4-2-3-7-12-8-5-6-11(13)10-12;1-3-4-2/h5-6,8,10H,2-4,7,9H2,1H3;1-2H3/p+1. The molecule has 5 heteroatoms. The molecule has 1 aromatic rings. The zero-order valence-electron chi connectivity index (χ0n) is 11.5. The Hall–Kier alpha value is -0.780. The highest BCUT2D eigenvalue weighted by atomic mass is 32.2. The molecule has 1 heterocycles. The summed E-state index contributed by atoms with van der Waals surface area (Å²) in [6.45, 7) is 1.79. The van der Waals surface area contributed by atoms with Crippen molar-refractivity contribution in [3.05, 3.63) is 24.5 Å². The van der Waals surface area contributed by atoms with Crippen molar-refractivity contribution in [3.63, 3.8) is 0 Å². The van der Waals surface area contributed by atoms with Gasteiger partial charge in [0.05, 0.1) is 7.11 Å². The molecular weight excluding hydrogens is 250 g/mol. The van der Waals surface area contributed by atoms with Crippen LogP contribution in [0.1, 0.15) is 19.3 Å². The highest BCUT2D eigenvalue weighted by Crippen LogP contribution is 2.01. The molecular formula is C13H24NO3S+. The van der Waals surface area contributed by atoms with Gasteiger partial charge in [-0.05, 0) is 31.0 Å². The van der Waals surface area contributed by atoms with E-state index in [-0.39, 0.29) is 0 Å². The number of aromatic nitrogens is 1. The Morgan fingerprint density at radius 3 is 2.56 bits per heavy atom. The zero-order valence-corrected chi connectivity index (χ0v) is 12.3. The molecule has 0 fully saturated rings. The number of methoxy groups -OCH3 is 1. The molecule has 1 aromatic heterocycles. The predicted molar refractivity (Wildman–Crippen MR) is 74.6 cm³/mol. The van der Waals surface area contributed by atoms with Gasteiger partial charge < -0.3 is 14.0 Å². The number of pyridine rings is 1. The number of rotatable bonds is 7. The largest absolute Gasteiger partial charge is 0.503 e. The highest BCUT2D eigenvalue weighted by molar-refractivity contribution is 7.93. The first-order chi connectivity index (χ1) is 8.74. The van der Waals surface area contributed by atoms with E-state index in [9.17, 15) is 5.11 Å². The lowest BCUT2D eigenvalue weighted by molar-refractivity contribution is -0.697. The van der Waals surface area contributed by atoms with Gasteiger partial charge in [0.1, 0.15) is 6.54 Å². The summed E-state index contributed by atoms with van der Waals surface area (Å²) in [7, 11) is 3.37. The maximum absolute atomic E-state index is 9.21. The summed E-state index contributed by atoms with van der Waals surface area (Å²) in [5, 5.41) is 9.21. The third-order valence-corrected chi connectivity index (χ3v) is 2.61. The maximum atomic E-state index is 9.21. The summed E-state index contributed by atoms with van der Waals surface area (Å²) in [5.74, 6) is 0.324. The fourth-order valence-corrected chi connectivity index (χ4v) is 1.36. The summed E-state index contributed by atoms with van der Waals surface area (Å²) in [6, 6.07) is 3.53. The van der Waals surface area contributed by atoms with Gasteiger partial charge in [-0.15, -0.1) is 0 Å². The van der Waals surface area contributed by atoms with Crippen LogP contribution < -0.4 is 4.57 Å². The summed E-state index contributed by atoms with van der Waals surface area (Å²) in [4.78, 5) is 0. The van der Waals surface area contributed by atoms with Gasteiger partial charge in [-0.1, -0.05) is 0 Å². The van der Waals surface area contributed by atoms with E-state index in [0.717, 1.165) is 32.4 Å². The molecule has 0 unspecified atom stereocenters. The van der Waals surface area contributed by atoms with Crippen LogP contribution in [-0.4, -0.2) is 32.2 Å². The van der Waals surface area contributed by atoms with E-state index in [1.807, 2.05) is 23.1 Å². The van der Waals surface area contributed by atoms with Gasteiger partial charge in [0, 0.05) is 32.5 Å². The average Bonchev–Trinajstić information content (AvgIpc) is 2.39. The van der Waals surface area contributed by atoms with Gasteiger partial charge in [-0.3, -0.25) is 0 Å². The van der Waals surface area contributed by atoms with Crippen molar-refractivity contribution >= 4 is 12.0 Å². The Labute approximate surface area is 114 Å². The second-order valence-electron chi connectivity index (χ2n) is 3.69. The Balaban J connectivity index is 0.000000631. The first-order valence-electron chi connectivity index (χ1n) is 5.98. The molecule has 0 saturated carbocycles. The van der Waals surface area contributed by atoms with E-state index >= 15 is 0 Å². The first-order valence-corrected chi connectivity index (χ1v) is 7.13. The lowest BCUT2D eigenvalue weighted by atomic mass is 10.2. The SMILES string of the molecule is COCCCCC[n+]1cccc(O)c1.COSC. The van der Waals surface area contributed by atoms with Gasteiger partial charge in [0.15, 0.2) is 11.9 Å². The number of aryl methyl sites for hydroxylation is 1. The molecule has 0 atom stereocenters. The van der Waals surface area contributed by atoms with Crippen LogP contribution in [0.25, 0.3) is 0 Å². The lowest BCUT2D eigenvalue weighted by Crippen LogP contribution is -2.32. The van der Waals surface area contributed by atoms with Crippen LogP contribution in [0, 0.1) is 0 Å². The molecule has 0 spiro atoms. The second-order valence-corrected chi connectivity index (χ2v) is 4.35. The Morgan fingerprint density at radius 2 is 2.00 bits per heavy atom. The van der Waals surface area contributed by atoms with Crippen molar-refractivity contribution in [2.45, 2.75) is 25.8 Å². The van der Waals surface area contributed by atoms with E-state index < -0.39 is 0 Å². The van der Waals surface area contributed by atoms with Crippen molar-refractivity contribution in [1.82, 2.24) is 0 Å². The van der Waals surface area contributed by atoms with Gasteiger partial charge in [0.2, 0.25) is 6.20 Å². The second kappa shape index (κ2) is 12.7. The minimum absolute atomic E-state index is 0.324. The molecule has 0 aromatic carbocycles. The monoisotopic (exact) mass is 274 g/mol. The van der Waals surface area contributed by atoms with Crippen LogP contribution in [0.2, 0.25) is 0 Å². The molecule has 0 saturated heterocycles. The van der Waals surface area contributed by atoms with Crippen LogP contribution in [0.5, 0.6) is 5.75 Å². The molecule has 1 N–H and O–H groups in total. The number of unbranched alkanes of at least 4 members (excludes halogenated alkanes) is 2. The Morgan fingerprint density at radius 1 is 1.28 bits per heavy atom. The normalized spacial score (nSPS) is 9.72. The van der Waals surface area contributed by atoms with Crippen molar-refractivity contribution in [2.24, 2.45) is 0 Å². The van der Waals surface area contributed by atoms with Gasteiger partial charge in [-0.2, -0.15) is 0 Å². The molecule has 0 aliphatic carbocycles. The number of aromatic hydroxyl groups is 1. The first kappa shape index (κ1) is 17.2. The third-order valence-electron chi connectivity index (χ3n) is 2.27. The number of hydrogen-bond acceptors (Lipinski definition) is 4. The van der Waals surface area contributed by atoms with Crippen LogP contribution in [0.3, 0.4) is 0 Å².